The van der Waals surface area contributed by atoms with E-state index >= 15 is 0 Å². The summed E-state index contributed by atoms with van der Waals surface area (Å²) in [5.74, 6) is 0.753. The van der Waals surface area contributed by atoms with E-state index in [1.807, 2.05) is 12.1 Å². The maximum atomic E-state index is 10.5. The second kappa shape index (κ2) is 7.41. The Labute approximate surface area is 124 Å². The van der Waals surface area contributed by atoms with Crippen molar-refractivity contribution in [2.75, 3.05) is 6.54 Å². The van der Waals surface area contributed by atoms with E-state index in [1.54, 1.807) is 0 Å². The molecule has 0 aliphatic heterocycles. The molecule has 2 rings (SSSR count). The first-order valence-electron chi connectivity index (χ1n) is 7.34. The normalized spacial score (nSPS) is 20.2. The van der Waals surface area contributed by atoms with Crippen molar-refractivity contribution in [2.45, 2.75) is 50.5 Å². The highest BCUT2D eigenvalue weighted by atomic mass is 79.9. The Morgan fingerprint density at radius 2 is 1.79 bits per heavy atom. The quantitative estimate of drug-likeness (QED) is 0.864. The summed E-state index contributed by atoms with van der Waals surface area (Å²) in [5, 5.41) is 10.5. The fourth-order valence-corrected chi connectivity index (χ4v) is 3.42. The summed E-state index contributed by atoms with van der Waals surface area (Å²) < 4.78 is 1.06. The molecular formula is C16H24BrNO. The van der Waals surface area contributed by atoms with E-state index in [9.17, 15) is 5.11 Å². The molecule has 1 saturated carbocycles. The lowest BCUT2D eigenvalue weighted by Gasteiger charge is -2.28. The lowest BCUT2D eigenvalue weighted by molar-refractivity contribution is 0.106. The molecule has 0 saturated heterocycles. The van der Waals surface area contributed by atoms with Crippen molar-refractivity contribution in [1.82, 2.24) is 0 Å². The summed E-state index contributed by atoms with van der Waals surface area (Å²) in [4.78, 5) is 0. The minimum absolute atomic E-state index is 0.0648. The fourth-order valence-electron chi connectivity index (χ4n) is 3.15. The van der Waals surface area contributed by atoms with E-state index in [0.717, 1.165) is 16.5 Å². The van der Waals surface area contributed by atoms with Crippen LogP contribution in [0.25, 0.3) is 0 Å². The molecule has 1 aliphatic rings. The molecule has 0 radical (unpaired) electrons. The SMILES string of the molecule is NCC(c1ccc(Br)cc1)C(O)CC1CCCCC1. The van der Waals surface area contributed by atoms with Gasteiger partial charge in [-0.2, -0.15) is 0 Å². The van der Waals surface area contributed by atoms with Crippen LogP contribution in [0.4, 0.5) is 0 Å². The zero-order valence-electron chi connectivity index (χ0n) is 11.4. The van der Waals surface area contributed by atoms with Crippen LogP contribution in [0.15, 0.2) is 28.7 Å². The second-order valence-electron chi connectivity index (χ2n) is 5.70. The third kappa shape index (κ3) is 4.30. The van der Waals surface area contributed by atoms with Gasteiger partial charge in [-0.1, -0.05) is 60.2 Å². The number of hydrogen-bond donors (Lipinski definition) is 2. The van der Waals surface area contributed by atoms with E-state index in [4.69, 9.17) is 5.73 Å². The molecular weight excluding hydrogens is 302 g/mol. The van der Waals surface area contributed by atoms with Crippen molar-refractivity contribution in [3.63, 3.8) is 0 Å². The molecule has 0 amide bonds. The highest BCUT2D eigenvalue weighted by molar-refractivity contribution is 9.10. The predicted molar refractivity (Wildman–Crippen MR) is 83.1 cm³/mol. The van der Waals surface area contributed by atoms with Gasteiger partial charge < -0.3 is 10.8 Å². The van der Waals surface area contributed by atoms with Gasteiger partial charge in [0.25, 0.3) is 0 Å². The number of nitrogens with two attached hydrogens (primary N) is 1. The molecule has 3 heteroatoms. The van der Waals surface area contributed by atoms with Gasteiger partial charge in [0.05, 0.1) is 6.10 Å². The third-order valence-corrected chi connectivity index (χ3v) is 4.84. The Morgan fingerprint density at radius 3 is 2.37 bits per heavy atom. The van der Waals surface area contributed by atoms with Crippen LogP contribution < -0.4 is 5.73 Å². The molecule has 1 aromatic rings. The van der Waals surface area contributed by atoms with E-state index < -0.39 is 0 Å². The first-order valence-corrected chi connectivity index (χ1v) is 8.13. The average Bonchev–Trinajstić information content (AvgIpc) is 2.43. The van der Waals surface area contributed by atoms with Gasteiger partial charge in [0.2, 0.25) is 0 Å². The topological polar surface area (TPSA) is 46.2 Å². The van der Waals surface area contributed by atoms with Crippen LogP contribution in [0.3, 0.4) is 0 Å². The summed E-state index contributed by atoms with van der Waals surface area (Å²) in [7, 11) is 0. The summed E-state index contributed by atoms with van der Waals surface area (Å²) in [6.45, 7) is 0.509. The van der Waals surface area contributed by atoms with Crippen molar-refractivity contribution < 1.29 is 5.11 Å². The molecule has 0 spiro atoms. The lowest BCUT2D eigenvalue weighted by atomic mass is 9.81. The van der Waals surface area contributed by atoms with Crippen LogP contribution in [-0.4, -0.2) is 17.8 Å². The summed E-state index contributed by atoms with van der Waals surface area (Å²) in [6, 6.07) is 8.16. The van der Waals surface area contributed by atoms with Crippen LogP contribution in [0.2, 0.25) is 0 Å². The number of aliphatic hydroxyl groups is 1. The lowest BCUT2D eigenvalue weighted by Crippen LogP contribution is -2.28. The number of aliphatic hydroxyl groups excluding tert-OH is 1. The Hall–Kier alpha value is -0.380. The number of benzene rings is 1. The van der Waals surface area contributed by atoms with Crippen molar-refractivity contribution >= 4 is 15.9 Å². The smallest absolute Gasteiger partial charge is 0.0623 e. The molecule has 3 N–H and O–H groups in total. The van der Waals surface area contributed by atoms with Crippen molar-refractivity contribution in [1.29, 1.82) is 0 Å². The van der Waals surface area contributed by atoms with E-state index in [1.165, 1.54) is 32.1 Å². The monoisotopic (exact) mass is 325 g/mol. The Bertz CT molecular complexity index is 373. The first kappa shape index (κ1) is 15.0. The van der Waals surface area contributed by atoms with Gasteiger partial charge in [-0.05, 0) is 30.0 Å². The summed E-state index contributed by atoms with van der Waals surface area (Å²) >= 11 is 3.44. The Kier molecular flexibility index (Phi) is 5.86. The van der Waals surface area contributed by atoms with Gasteiger partial charge in [-0.15, -0.1) is 0 Å². The minimum atomic E-state index is -0.311. The molecule has 106 valence electrons. The van der Waals surface area contributed by atoms with Crippen LogP contribution >= 0.6 is 15.9 Å². The number of halogens is 1. The Morgan fingerprint density at radius 1 is 1.16 bits per heavy atom. The molecule has 1 aliphatic carbocycles. The number of hydrogen-bond acceptors (Lipinski definition) is 2. The fraction of sp³-hybridized carbons (Fsp3) is 0.625. The zero-order chi connectivity index (χ0) is 13.7. The molecule has 19 heavy (non-hydrogen) atoms. The maximum Gasteiger partial charge on any atom is 0.0623 e. The summed E-state index contributed by atoms with van der Waals surface area (Å²) in [5.41, 5.74) is 7.02. The summed E-state index contributed by atoms with van der Waals surface area (Å²) in [6.07, 6.45) is 7.14. The molecule has 1 fully saturated rings. The van der Waals surface area contributed by atoms with Crippen LogP contribution in [-0.2, 0) is 0 Å². The van der Waals surface area contributed by atoms with Gasteiger partial charge >= 0.3 is 0 Å². The minimum Gasteiger partial charge on any atom is -0.392 e. The van der Waals surface area contributed by atoms with Gasteiger partial charge in [0.15, 0.2) is 0 Å². The van der Waals surface area contributed by atoms with Gasteiger partial charge in [0.1, 0.15) is 0 Å². The van der Waals surface area contributed by atoms with E-state index in [0.29, 0.717) is 12.5 Å². The van der Waals surface area contributed by atoms with Gasteiger partial charge in [-0.25, -0.2) is 0 Å². The highest BCUT2D eigenvalue weighted by Crippen LogP contribution is 2.31. The zero-order valence-corrected chi connectivity index (χ0v) is 13.0. The van der Waals surface area contributed by atoms with E-state index in [2.05, 4.69) is 28.1 Å². The van der Waals surface area contributed by atoms with Crippen LogP contribution in [0.1, 0.15) is 50.0 Å². The molecule has 0 aromatic heterocycles. The first-order chi connectivity index (χ1) is 9.20. The van der Waals surface area contributed by atoms with Gasteiger partial charge in [0, 0.05) is 16.9 Å². The molecule has 1 aromatic carbocycles. The second-order valence-corrected chi connectivity index (χ2v) is 6.62. The average molecular weight is 326 g/mol. The molecule has 2 atom stereocenters. The van der Waals surface area contributed by atoms with Crippen LogP contribution in [0, 0.1) is 5.92 Å². The van der Waals surface area contributed by atoms with Crippen molar-refractivity contribution in [3.05, 3.63) is 34.3 Å². The third-order valence-electron chi connectivity index (χ3n) is 4.32. The largest absolute Gasteiger partial charge is 0.392 e. The molecule has 2 nitrogen and oxygen atoms in total. The predicted octanol–water partition coefficient (Wildman–Crippen LogP) is 3.82. The van der Waals surface area contributed by atoms with Crippen molar-refractivity contribution in [2.24, 2.45) is 11.7 Å². The van der Waals surface area contributed by atoms with Crippen molar-refractivity contribution in [3.8, 4) is 0 Å². The van der Waals surface area contributed by atoms with E-state index in [-0.39, 0.29) is 12.0 Å². The maximum absolute atomic E-state index is 10.5. The number of rotatable bonds is 5. The molecule has 0 heterocycles. The Balaban J connectivity index is 1.97. The molecule has 0 bridgehead atoms. The highest BCUT2D eigenvalue weighted by Gasteiger charge is 2.24. The molecule has 2 unspecified atom stereocenters. The van der Waals surface area contributed by atoms with Crippen LogP contribution in [0.5, 0.6) is 0 Å². The standard InChI is InChI=1S/C16H24BrNO/c17-14-8-6-13(7-9-14)15(11-18)16(19)10-12-4-2-1-3-5-12/h6-9,12,15-16,19H,1-5,10-11,18H2. The van der Waals surface area contributed by atoms with Gasteiger partial charge in [-0.3, -0.25) is 0 Å².